The van der Waals surface area contributed by atoms with Crippen LogP contribution in [0.25, 0.3) is 0 Å². The van der Waals surface area contributed by atoms with Gasteiger partial charge in [0.15, 0.2) is 11.5 Å². The molecule has 1 atom stereocenters. The molecule has 3 rings (SSSR count). The Balaban J connectivity index is 2.07. The molecular weight excluding hydrogens is 338 g/mol. The topological polar surface area (TPSA) is 100 Å². The largest absolute Gasteiger partial charge is 0.508 e. The van der Waals surface area contributed by atoms with Crippen molar-refractivity contribution >= 4 is 11.7 Å². The second kappa shape index (κ2) is 7.05. The minimum atomic E-state index is -0.795. The molecule has 1 amide bonds. The normalized spacial score (nSPS) is 17.2. The third-order valence-electron chi connectivity index (χ3n) is 4.26. The Morgan fingerprint density at radius 3 is 2.46 bits per heavy atom. The summed E-state index contributed by atoms with van der Waals surface area (Å²) in [6.45, 7) is 2.14. The van der Waals surface area contributed by atoms with Crippen molar-refractivity contribution in [2.45, 2.75) is 13.0 Å². The Kier molecular flexibility index (Phi) is 4.81. The van der Waals surface area contributed by atoms with Gasteiger partial charge in [-0.3, -0.25) is 9.59 Å². The number of hydrogen-bond acceptors (Lipinski definition) is 6. The number of carbonyl (C=O) groups excluding carboxylic acids is 2. The van der Waals surface area contributed by atoms with Crippen LogP contribution in [0.15, 0.2) is 52.1 Å². The smallest absolute Gasteiger partial charge is 0.290 e. The quantitative estimate of drug-likeness (QED) is 0.771. The van der Waals surface area contributed by atoms with Gasteiger partial charge in [0.05, 0.1) is 18.2 Å². The average Bonchev–Trinajstić information content (AvgIpc) is 3.16. The molecule has 1 aliphatic heterocycles. The highest BCUT2D eigenvalue weighted by molar-refractivity contribution is 6.15. The Hall–Kier alpha value is -3.06. The number of phenolic OH excluding ortho intramolecular Hbond substituents is 1. The first kappa shape index (κ1) is 17.8. The van der Waals surface area contributed by atoms with Crippen LogP contribution < -0.4 is 0 Å². The number of aliphatic hydroxyl groups is 1. The lowest BCUT2D eigenvalue weighted by atomic mass is 9.95. The fraction of sp³-hybridized carbons (Fsp3) is 0.263. The van der Waals surface area contributed by atoms with Gasteiger partial charge < -0.3 is 24.3 Å². The van der Waals surface area contributed by atoms with Gasteiger partial charge in [-0.15, -0.1) is 0 Å². The summed E-state index contributed by atoms with van der Waals surface area (Å²) >= 11 is 0. The van der Waals surface area contributed by atoms with E-state index >= 15 is 0 Å². The van der Waals surface area contributed by atoms with Gasteiger partial charge >= 0.3 is 0 Å². The zero-order chi connectivity index (χ0) is 18.8. The first-order valence-electron chi connectivity index (χ1n) is 8.07. The molecular formula is C19H19NO6. The highest BCUT2D eigenvalue weighted by Crippen LogP contribution is 2.39. The van der Waals surface area contributed by atoms with Crippen molar-refractivity contribution in [3.05, 3.63) is 64.8 Å². The summed E-state index contributed by atoms with van der Waals surface area (Å²) in [4.78, 5) is 26.8. The van der Waals surface area contributed by atoms with Crippen LogP contribution in [0.2, 0.25) is 0 Å². The van der Waals surface area contributed by atoms with E-state index in [0.717, 1.165) is 0 Å². The summed E-state index contributed by atoms with van der Waals surface area (Å²) in [5.41, 5.74) is 0.536. The number of furan rings is 1. The minimum Gasteiger partial charge on any atom is -0.508 e. The Bertz CT molecular complexity index is 864. The zero-order valence-electron chi connectivity index (χ0n) is 14.4. The molecule has 1 aromatic carbocycles. The monoisotopic (exact) mass is 357 g/mol. The van der Waals surface area contributed by atoms with Crippen molar-refractivity contribution in [3.63, 3.8) is 0 Å². The van der Waals surface area contributed by atoms with E-state index in [-0.39, 0.29) is 30.2 Å². The number of ketones is 1. The molecule has 2 N–H and O–H groups in total. The summed E-state index contributed by atoms with van der Waals surface area (Å²) in [5.74, 6) is -1.14. The van der Waals surface area contributed by atoms with Crippen molar-refractivity contribution in [1.29, 1.82) is 0 Å². The number of amides is 1. The van der Waals surface area contributed by atoms with E-state index in [0.29, 0.717) is 11.3 Å². The molecule has 7 heteroatoms. The average molecular weight is 357 g/mol. The number of phenols is 1. The van der Waals surface area contributed by atoms with Crippen molar-refractivity contribution in [1.82, 2.24) is 4.90 Å². The van der Waals surface area contributed by atoms with E-state index in [1.54, 1.807) is 25.1 Å². The number of Topliss-reactive ketones (excluding diaryl/α,β-unsaturated/α-hetero) is 1. The molecule has 1 aromatic heterocycles. The van der Waals surface area contributed by atoms with Gasteiger partial charge in [-0.1, -0.05) is 12.1 Å². The Labute approximate surface area is 150 Å². The fourth-order valence-electron chi connectivity index (χ4n) is 3.00. The maximum absolute atomic E-state index is 12.9. The number of aryl methyl sites for hydroxylation is 1. The number of carbonyl (C=O) groups is 2. The molecule has 0 aliphatic carbocycles. The third kappa shape index (κ3) is 3.09. The van der Waals surface area contributed by atoms with E-state index < -0.39 is 23.5 Å². The molecule has 1 unspecified atom stereocenters. The van der Waals surface area contributed by atoms with Crippen molar-refractivity contribution in [2.24, 2.45) is 0 Å². The van der Waals surface area contributed by atoms with E-state index in [9.17, 15) is 19.8 Å². The van der Waals surface area contributed by atoms with Gasteiger partial charge in [0.1, 0.15) is 11.5 Å². The predicted octanol–water partition coefficient (Wildman–Crippen LogP) is 2.52. The van der Waals surface area contributed by atoms with Crippen LogP contribution in [0, 0.1) is 6.92 Å². The number of benzene rings is 1. The molecule has 26 heavy (non-hydrogen) atoms. The van der Waals surface area contributed by atoms with Crippen LogP contribution in [0.4, 0.5) is 0 Å². The highest BCUT2D eigenvalue weighted by atomic mass is 16.5. The molecule has 0 radical (unpaired) electrons. The Morgan fingerprint density at radius 1 is 1.19 bits per heavy atom. The number of rotatable bonds is 6. The van der Waals surface area contributed by atoms with E-state index in [2.05, 4.69) is 0 Å². The molecule has 0 spiro atoms. The zero-order valence-corrected chi connectivity index (χ0v) is 14.4. The lowest BCUT2D eigenvalue weighted by molar-refractivity contribution is -0.130. The third-order valence-corrected chi connectivity index (χ3v) is 4.26. The number of aromatic hydroxyl groups is 1. The second-order valence-corrected chi connectivity index (χ2v) is 5.99. The highest BCUT2D eigenvalue weighted by Gasteiger charge is 2.44. The van der Waals surface area contributed by atoms with Crippen molar-refractivity contribution in [2.75, 3.05) is 20.3 Å². The SMILES string of the molecule is COCCN1C(=O)C(O)=C(C(=O)c2ccc(C)o2)C1c1ccc(O)cc1. The van der Waals surface area contributed by atoms with Gasteiger partial charge in [0, 0.05) is 13.7 Å². The molecule has 2 heterocycles. The molecule has 2 aromatic rings. The first-order chi connectivity index (χ1) is 12.4. The lowest BCUT2D eigenvalue weighted by Gasteiger charge is -2.26. The maximum Gasteiger partial charge on any atom is 0.290 e. The molecule has 0 saturated carbocycles. The molecule has 0 fully saturated rings. The Morgan fingerprint density at radius 2 is 1.88 bits per heavy atom. The van der Waals surface area contributed by atoms with Crippen LogP contribution in [0.1, 0.15) is 27.9 Å². The first-order valence-corrected chi connectivity index (χ1v) is 8.07. The van der Waals surface area contributed by atoms with Gasteiger partial charge in [0.2, 0.25) is 5.78 Å². The van der Waals surface area contributed by atoms with Crippen LogP contribution in [-0.2, 0) is 9.53 Å². The number of nitrogens with zero attached hydrogens (tertiary/aromatic N) is 1. The molecule has 1 aliphatic rings. The van der Waals surface area contributed by atoms with Gasteiger partial charge in [-0.2, -0.15) is 0 Å². The van der Waals surface area contributed by atoms with Crippen LogP contribution >= 0.6 is 0 Å². The number of methoxy groups -OCH3 is 1. The van der Waals surface area contributed by atoms with Crippen LogP contribution in [0.3, 0.4) is 0 Å². The molecule has 136 valence electrons. The number of ether oxygens (including phenoxy) is 1. The van der Waals surface area contributed by atoms with Gasteiger partial charge in [-0.05, 0) is 36.8 Å². The van der Waals surface area contributed by atoms with Crippen LogP contribution in [0.5, 0.6) is 5.75 Å². The summed E-state index contributed by atoms with van der Waals surface area (Å²) in [7, 11) is 1.50. The van der Waals surface area contributed by atoms with E-state index in [1.807, 2.05) is 0 Å². The van der Waals surface area contributed by atoms with E-state index in [1.165, 1.54) is 30.2 Å². The summed E-state index contributed by atoms with van der Waals surface area (Å²) in [5, 5.41) is 19.9. The van der Waals surface area contributed by atoms with Crippen LogP contribution in [-0.4, -0.2) is 47.1 Å². The predicted molar refractivity (Wildman–Crippen MR) is 91.9 cm³/mol. The number of hydrogen-bond donors (Lipinski definition) is 2. The number of aliphatic hydroxyl groups excluding tert-OH is 1. The van der Waals surface area contributed by atoms with Gasteiger partial charge in [-0.25, -0.2) is 0 Å². The van der Waals surface area contributed by atoms with Crippen molar-refractivity contribution < 1.29 is 29.0 Å². The second-order valence-electron chi connectivity index (χ2n) is 5.99. The summed E-state index contributed by atoms with van der Waals surface area (Å²) < 4.78 is 10.4. The van der Waals surface area contributed by atoms with E-state index in [4.69, 9.17) is 9.15 Å². The summed E-state index contributed by atoms with van der Waals surface area (Å²) in [6, 6.07) is 8.48. The maximum atomic E-state index is 12.9. The standard InChI is InChI=1S/C19H19NO6/c1-11-3-8-14(26-11)17(22)15-16(12-4-6-13(21)7-5-12)20(9-10-25-2)19(24)18(15)23/h3-8,16,21,23H,9-10H2,1-2H3. The lowest BCUT2D eigenvalue weighted by Crippen LogP contribution is -2.33. The van der Waals surface area contributed by atoms with Crippen molar-refractivity contribution in [3.8, 4) is 5.75 Å². The van der Waals surface area contributed by atoms with Gasteiger partial charge in [0.25, 0.3) is 5.91 Å². The molecule has 7 nitrogen and oxygen atoms in total. The fourth-order valence-corrected chi connectivity index (χ4v) is 3.00. The molecule has 0 saturated heterocycles. The minimum absolute atomic E-state index is 0.0499. The summed E-state index contributed by atoms with van der Waals surface area (Å²) in [6.07, 6.45) is 0. The molecule has 0 bridgehead atoms.